The van der Waals surface area contributed by atoms with Crippen molar-refractivity contribution in [3.8, 4) is 0 Å². The second-order valence-corrected chi connectivity index (χ2v) is 7.01. The van der Waals surface area contributed by atoms with Gasteiger partial charge in [-0.2, -0.15) is 0 Å². The number of fused-ring (bicyclic) bond motifs is 1. The summed E-state index contributed by atoms with van der Waals surface area (Å²) in [6.07, 6.45) is 3.53. The third-order valence-corrected chi connectivity index (χ3v) is 4.82. The first-order valence-corrected chi connectivity index (χ1v) is 8.81. The summed E-state index contributed by atoms with van der Waals surface area (Å²) in [5.74, 6) is 0.0711. The second kappa shape index (κ2) is 7.55. The molecular weight excluding hydrogens is 318 g/mol. The number of pyridine rings is 1. The summed E-state index contributed by atoms with van der Waals surface area (Å²) in [7, 11) is 4.04. The molecule has 3 aromatic rings. The Labute approximate surface area is 146 Å². The Morgan fingerprint density at radius 3 is 2.62 bits per heavy atom. The lowest BCUT2D eigenvalue weighted by atomic mass is 10.1. The first-order valence-electron chi connectivity index (χ1n) is 7.93. The number of likely N-dealkylation sites (N-methyl/N-ethyl adjacent to an activating group) is 1. The first-order chi connectivity index (χ1) is 11.6. The molecule has 0 aliphatic rings. The van der Waals surface area contributed by atoms with Gasteiger partial charge in [0.05, 0.1) is 0 Å². The molecule has 4 nitrogen and oxygen atoms in total. The fraction of sp³-hybridized carbons (Fsp3) is 0.263. The maximum Gasteiger partial charge on any atom is 0.254 e. The summed E-state index contributed by atoms with van der Waals surface area (Å²) in [4.78, 5) is 21.1. The molecule has 0 radical (unpaired) electrons. The van der Waals surface area contributed by atoms with Gasteiger partial charge in [-0.05, 0) is 66.8 Å². The van der Waals surface area contributed by atoms with E-state index in [1.165, 1.54) is 4.70 Å². The van der Waals surface area contributed by atoms with Crippen molar-refractivity contribution in [3.63, 3.8) is 0 Å². The van der Waals surface area contributed by atoms with E-state index in [0.29, 0.717) is 13.1 Å². The Hall–Kier alpha value is -2.24. The smallest absolute Gasteiger partial charge is 0.254 e. The zero-order valence-electron chi connectivity index (χ0n) is 14.0. The van der Waals surface area contributed by atoms with Crippen LogP contribution in [0.15, 0.2) is 54.2 Å². The molecule has 0 saturated carbocycles. The topological polar surface area (TPSA) is 36.4 Å². The second-order valence-electron chi connectivity index (χ2n) is 6.06. The zero-order chi connectivity index (χ0) is 16.9. The highest BCUT2D eigenvalue weighted by atomic mass is 32.1. The van der Waals surface area contributed by atoms with Crippen LogP contribution in [0.5, 0.6) is 0 Å². The van der Waals surface area contributed by atoms with Gasteiger partial charge in [0.1, 0.15) is 0 Å². The van der Waals surface area contributed by atoms with Crippen LogP contribution in [0.2, 0.25) is 0 Å². The molecule has 0 N–H and O–H groups in total. The van der Waals surface area contributed by atoms with Gasteiger partial charge >= 0.3 is 0 Å². The molecule has 0 atom stereocenters. The van der Waals surface area contributed by atoms with E-state index in [2.05, 4.69) is 21.3 Å². The van der Waals surface area contributed by atoms with Gasteiger partial charge < -0.3 is 9.80 Å². The maximum absolute atomic E-state index is 13.0. The Balaban J connectivity index is 1.83. The molecule has 0 unspecified atom stereocenters. The normalized spacial score (nSPS) is 11.1. The Kier molecular flexibility index (Phi) is 5.23. The van der Waals surface area contributed by atoms with Crippen LogP contribution in [0, 0.1) is 0 Å². The summed E-state index contributed by atoms with van der Waals surface area (Å²) in [5.41, 5.74) is 1.84. The Bertz CT molecular complexity index is 814. The summed E-state index contributed by atoms with van der Waals surface area (Å²) < 4.78 is 1.21. The predicted octanol–water partition coefficient (Wildman–Crippen LogP) is 3.50. The largest absolute Gasteiger partial charge is 0.333 e. The van der Waals surface area contributed by atoms with Crippen molar-refractivity contribution in [3.05, 3.63) is 65.3 Å². The minimum Gasteiger partial charge on any atom is -0.333 e. The average Bonchev–Trinajstić information content (AvgIpc) is 3.06. The van der Waals surface area contributed by atoms with Crippen molar-refractivity contribution in [2.75, 3.05) is 27.2 Å². The molecule has 1 aromatic carbocycles. The zero-order valence-corrected chi connectivity index (χ0v) is 14.8. The van der Waals surface area contributed by atoms with E-state index >= 15 is 0 Å². The highest BCUT2D eigenvalue weighted by Crippen LogP contribution is 2.22. The van der Waals surface area contributed by atoms with Crippen LogP contribution in [0.3, 0.4) is 0 Å². The van der Waals surface area contributed by atoms with Gasteiger partial charge in [-0.3, -0.25) is 9.78 Å². The van der Waals surface area contributed by atoms with Crippen molar-refractivity contribution < 1.29 is 4.79 Å². The van der Waals surface area contributed by atoms with E-state index in [9.17, 15) is 4.79 Å². The highest BCUT2D eigenvalue weighted by Gasteiger charge is 2.17. The van der Waals surface area contributed by atoms with Crippen molar-refractivity contribution in [1.29, 1.82) is 0 Å². The van der Waals surface area contributed by atoms with Crippen molar-refractivity contribution in [2.24, 2.45) is 0 Å². The van der Waals surface area contributed by atoms with Crippen LogP contribution >= 0.6 is 11.3 Å². The van der Waals surface area contributed by atoms with Gasteiger partial charge in [-0.1, -0.05) is 0 Å². The molecule has 0 aliphatic heterocycles. The quantitative estimate of drug-likeness (QED) is 0.690. The highest BCUT2D eigenvalue weighted by molar-refractivity contribution is 7.17. The lowest BCUT2D eigenvalue weighted by Crippen LogP contribution is -2.36. The Morgan fingerprint density at radius 2 is 1.88 bits per heavy atom. The lowest BCUT2D eigenvalue weighted by Gasteiger charge is -2.24. The number of aromatic nitrogens is 1. The molecule has 0 spiro atoms. The minimum absolute atomic E-state index is 0.0711. The molecule has 2 aromatic heterocycles. The van der Waals surface area contributed by atoms with Crippen molar-refractivity contribution in [1.82, 2.24) is 14.8 Å². The molecule has 1 amide bonds. The van der Waals surface area contributed by atoms with E-state index in [4.69, 9.17) is 0 Å². The number of thiophene rings is 1. The fourth-order valence-electron chi connectivity index (χ4n) is 2.56. The Morgan fingerprint density at radius 1 is 1.08 bits per heavy atom. The SMILES string of the molecule is CN(C)CCN(Cc1ccncc1)C(=O)c1ccc2sccc2c1. The van der Waals surface area contributed by atoms with Crippen LogP contribution in [-0.4, -0.2) is 47.9 Å². The molecule has 0 fully saturated rings. The molecule has 0 aliphatic carbocycles. The van der Waals surface area contributed by atoms with Gasteiger partial charge in [-0.15, -0.1) is 11.3 Å². The van der Waals surface area contributed by atoms with Crippen LogP contribution in [-0.2, 0) is 6.54 Å². The predicted molar refractivity (Wildman–Crippen MR) is 99.4 cm³/mol. The summed E-state index contributed by atoms with van der Waals surface area (Å²) in [6, 6.07) is 11.9. The number of amides is 1. The monoisotopic (exact) mass is 339 g/mol. The van der Waals surface area contributed by atoms with Gasteiger partial charge in [0.15, 0.2) is 0 Å². The minimum atomic E-state index is 0.0711. The van der Waals surface area contributed by atoms with Crippen LogP contribution < -0.4 is 0 Å². The average molecular weight is 339 g/mol. The molecule has 124 valence electrons. The molecule has 0 saturated heterocycles. The maximum atomic E-state index is 13.0. The summed E-state index contributed by atoms with van der Waals surface area (Å²) >= 11 is 1.69. The summed E-state index contributed by atoms with van der Waals surface area (Å²) in [5, 5.41) is 3.18. The third kappa shape index (κ3) is 3.99. The van der Waals surface area contributed by atoms with E-state index in [1.54, 1.807) is 23.7 Å². The third-order valence-electron chi connectivity index (χ3n) is 3.93. The molecule has 5 heteroatoms. The number of nitrogens with zero attached hydrogens (tertiary/aromatic N) is 3. The van der Waals surface area contributed by atoms with Gasteiger partial charge in [0, 0.05) is 42.3 Å². The van der Waals surface area contributed by atoms with Crippen molar-refractivity contribution in [2.45, 2.75) is 6.54 Å². The number of hydrogen-bond acceptors (Lipinski definition) is 4. The number of carbonyl (C=O) groups excluding carboxylic acids is 1. The lowest BCUT2D eigenvalue weighted by molar-refractivity contribution is 0.0732. The summed E-state index contributed by atoms with van der Waals surface area (Å²) in [6.45, 7) is 2.12. The number of rotatable bonds is 6. The van der Waals surface area contributed by atoms with Crippen LogP contribution in [0.25, 0.3) is 10.1 Å². The van der Waals surface area contributed by atoms with Crippen LogP contribution in [0.1, 0.15) is 15.9 Å². The van der Waals surface area contributed by atoms with E-state index < -0.39 is 0 Å². The number of benzene rings is 1. The van der Waals surface area contributed by atoms with Gasteiger partial charge in [0.2, 0.25) is 0 Å². The van der Waals surface area contributed by atoms with Crippen molar-refractivity contribution >= 4 is 27.3 Å². The molecular formula is C19H21N3OS. The number of carbonyl (C=O) groups is 1. The number of hydrogen-bond donors (Lipinski definition) is 0. The van der Waals surface area contributed by atoms with Crippen LogP contribution in [0.4, 0.5) is 0 Å². The van der Waals surface area contributed by atoms with Gasteiger partial charge in [-0.25, -0.2) is 0 Å². The fourth-order valence-corrected chi connectivity index (χ4v) is 3.33. The van der Waals surface area contributed by atoms with E-state index in [-0.39, 0.29) is 5.91 Å². The molecule has 24 heavy (non-hydrogen) atoms. The van der Waals surface area contributed by atoms with E-state index in [1.807, 2.05) is 49.3 Å². The first kappa shape index (κ1) is 16.6. The molecule has 0 bridgehead atoms. The van der Waals surface area contributed by atoms with Gasteiger partial charge in [0.25, 0.3) is 5.91 Å². The molecule has 3 rings (SSSR count). The van der Waals surface area contributed by atoms with E-state index in [0.717, 1.165) is 23.1 Å². The molecule has 2 heterocycles. The standard InChI is InChI=1S/C19H21N3OS/c1-21(2)10-11-22(14-15-5-8-20-9-6-15)19(23)17-3-4-18-16(13-17)7-12-24-18/h3-9,12-13H,10-11,14H2,1-2H3.